The number of likely N-dealkylation sites (N-methyl/N-ethyl adjacent to an activating group) is 1. The van der Waals surface area contributed by atoms with Gasteiger partial charge in [0.25, 0.3) is 5.91 Å². The topological polar surface area (TPSA) is 82.4 Å². The first kappa shape index (κ1) is 21.9. The van der Waals surface area contributed by atoms with Crippen LogP contribution in [0.3, 0.4) is 0 Å². The van der Waals surface area contributed by atoms with Crippen LogP contribution in [0, 0.1) is 17.9 Å². The van der Waals surface area contributed by atoms with Crippen molar-refractivity contribution in [1.82, 2.24) is 10.2 Å². The lowest BCUT2D eigenvalue weighted by Crippen LogP contribution is -2.26. The molecule has 6 heteroatoms. The minimum atomic E-state index is -0.349. The summed E-state index contributed by atoms with van der Waals surface area (Å²) in [7, 11) is 3.19. The van der Waals surface area contributed by atoms with E-state index in [1.54, 1.807) is 26.7 Å². The van der Waals surface area contributed by atoms with Crippen LogP contribution in [0.1, 0.15) is 16.7 Å². The molecule has 0 bridgehead atoms. The van der Waals surface area contributed by atoms with E-state index < -0.39 is 0 Å². The average Bonchev–Trinajstić information content (AvgIpc) is 2.72. The maximum atomic E-state index is 12.0. The van der Waals surface area contributed by atoms with Crippen molar-refractivity contribution in [2.24, 2.45) is 0 Å². The van der Waals surface area contributed by atoms with E-state index in [-0.39, 0.29) is 30.6 Å². The summed E-state index contributed by atoms with van der Waals surface area (Å²) in [5, 5.41) is 11.9. The molecule has 6 nitrogen and oxygen atoms in total. The van der Waals surface area contributed by atoms with Crippen LogP contribution >= 0.6 is 0 Å². The molecule has 2 aromatic rings. The molecular weight excluding hydrogens is 366 g/mol. The van der Waals surface area contributed by atoms with E-state index in [1.807, 2.05) is 54.6 Å². The Bertz CT molecular complexity index is 899. The van der Waals surface area contributed by atoms with Gasteiger partial charge in [0.2, 0.25) is 5.91 Å². The van der Waals surface area contributed by atoms with Crippen LogP contribution in [0.25, 0.3) is 6.08 Å². The number of hydrogen-bond donors (Lipinski definition) is 1. The summed E-state index contributed by atoms with van der Waals surface area (Å²) >= 11 is 0. The van der Waals surface area contributed by atoms with E-state index in [0.29, 0.717) is 6.42 Å². The van der Waals surface area contributed by atoms with Crippen molar-refractivity contribution >= 4 is 17.9 Å². The number of amides is 2. The van der Waals surface area contributed by atoms with Crippen LogP contribution in [0.2, 0.25) is 0 Å². The lowest BCUT2D eigenvalue weighted by atomic mass is 10.1. The van der Waals surface area contributed by atoms with Gasteiger partial charge in [0, 0.05) is 14.1 Å². The summed E-state index contributed by atoms with van der Waals surface area (Å²) in [6, 6.07) is 19.0. The number of ether oxygens (including phenoxy) is 1. The summed E-state index contributed by atoms with van der Waals surface area (Å²) in [6.07, 6.45) is 2.19. The van der Waals surface area contributed by atoms with Crippen LogP contribution in [0.5, 0.6) is 0 Å². The highest BCUT2D eigenvalue weighted by molar-refractivity contribution is 6.01. The predicted molar refractivity (Wildman–Crippen MR) is 111 cm³/mol. The first-order valence-electron chi connectivity index (χ1n) is 9.14. The van der Waals surface area contributed by atoms with Crippen molar-refractivity contribution in [2.75, 3.05) is 20.7 Å². The van der Waals surface area contributed by atoms with Crippen molar-refractivity contribution in [3.8, 4) is 6.07 Å². The Morgan fingerprint density at radius 2 is 1.83 bits per heavy atom. The smallest absolute Gasteiger partial charge is 0.264 e. The fraction of sp³-hybridized carbons (Fsp3) is 0.217. The summed E-state index contributed by atoms with van der Waals surface area (Å²) in [5.74, 6) is -0.571. The number of nitrogens with one attached hydrogen (secondary N) is 1. The van der Waals surface area contributed by atoms with E-state index >= 15 is 0 Å². The molecule has 1 radical (unpaired) electrons. The average molecular weight is 390 g/mol. The lowest BCUT2D eigenvalue weighted by Gasteiger charge is -2.09. The monoisotopic (exact) mass is 390 g/mol. The number of hydrogen-bond acceptors (Lipinski definition) is 4. The summed E-state index contributed by atoms with van der Waals surface area (Å²) in [5.41, 5.74) is 2.73. The first-order valence-corrected chi connectivity index (χ1v) is 9.14. The number of nitrogens with zero attached hydrogens (tertiary/aromatic N) is 2. The quantitative estimate of drug-likeness (QED) is 0.527. The molecule has 0 atom stereocenters. The third-order valence-corrected chi connectivity index (χ3v) is 3.96. The maximum Gasteiger partial charge on any atom is 0.264 e. The van der Waals surface area contributed by atoms with Gasteiger partial charge >= 0.3 is 0 Å². The van der Waals surface area contributed by atoms with Crippen molar-refractivity contribution in [2.45, 2.75) is 13.0 Å². The molecule has 2 aromatic carbocycles. The van der Waals surface area contributed by atoms with E-state index in [1.165, 1.54) is 11.0 Å². The Morgan fingerprint density at radius 1 is 1.10 bits per heavy atom. The van der Waals surface area contributed by atoms with Gasteiger partial charge < -0.3 is 15.0 Å². The molecule has 2 rings (SSSR count). The number of carbonyl (C=O) groups excluding carboxylic acids is 2. The maximum absolute atomic E-state index is 12.0. The summed E-state index contributed by atoms with van der Waals surface area (Å²) < 4.78 is 5.46. The van der Waals surface area contributed by atoms with Crippen molar-refractivity contribution in [1.29, 1.82) is 5.26 Å². The lowest BCUT2D eigenvalue weighted by molar-refractivity contribution is -0.125. The highest BCUT2D eigenvalue weighted by Crippen LogP contribution is 2.12. The normalized spacial score (nSPS) is 10.9. The van der Waals surface area contributed by atoms with Gasteiger partial charge in [0.1, 0.15) is 18.2 Å². The largest absolute Gasteiger partial charge is 0.367 e. The molecule has 0 aliphatic rings. The SMILES string of the molecule is CN(C)C(=O)C(C#N)=Cc1cccc(COCC(=O)N[CH]Cc2ccccc2)c1. The second kappa shape index (κ2) is 11.4. The van der Waals surface area contributed by atoms with Crippen LogP contribution in [0.15, 0.2) is 60.2 Å². The third kappa shape index (κ3) is 7.60. The molecule has 0 unspecified atom stereocenters. The molecule has 2 amide bonds. The molecule has 0 aliphatic heterocycles. The van der Waals surface area contributed by atoms with E-state index in [4.69, 9.17) is 4.74 Å². The Morgan fingerprint density at radius 3 is 2.52 bits per heavy atom. The van der Waals surface area contributed by atoms with Crippen molar-refractivity contribution in [3.63, 3.8) is 0 Å². The fourth-order valence-corrected chi connectivity index (χ4v) is 2.52. The number of rotatable bonds is 9. The molecule has 0 fully saturated rings. The van der Waals surface area contributed by atoms with Gasteiger partial charge in [0.15, 0.2) is 0 Å². The Kier molecular flexibility index (Phi) is 8.61. The molecule has 0 aromatic heterocycles. The van der Waals surface area contributed by atoms with E-state index in [9.17, 15) is 14.9 Å². The molecule has 0 heterocycles. The molecule has 0 spiro atoms. The number of carbonyl (C=O) groups is 2. The second-order valence-corrected chi connectivity index (χ2v) is 6.57. The third-order valence-electron chi connectivity index (χ3n) is 3.96. The van der Waals surface area contributed by atoms with Crippen LogP contribution < -0.4 is 5.32 Å². The Hall–Kier alpha value is -3.43. The zero-order valence-electron chi connectivity index (χ0n) is 16.6. The molecule has 149 valence electrons. The molecule has 29 heavy (non-hydrogen) atoms. The highest BCUT2D eigenvalue weighted by Gasteiger charge is 2.11. The zero-order chi connectivity index (χ0) is 21.1. The minimum absolute atomic E-state index is 0.0569. The van der Waals surface area contributed by atoms with Crippen LogP contribution in [-0.4, -0.2) is 37.4 Å². The molecule has 1 N–H and O–H groups in total. The predicted octanol–water partition coefficient (Wildman–Crippen LogP) is 2.72. The van der Waals surface area contributed by atoms with Gasteiger partial charge in [-0.3, -0.25) is 9.59 Å². The second-order valence-electron chi connectivity index (χ2n) is 6.57. The van der Waals surface area contributed by atoms with Crippen molar-refractivity contribution in [3.05, 3.63) is 83.4 Å². The zero-order valence-corrected chi connectivity index (χ0v) is 16.6. The molecule has 0 saturated carbocycles. The molecular formula is C23H24N3O3. The van der Waals surface area contributed by atoms with Gasteiger partial charge in [-0.05, 0) is 35.3 Å². The molecule has 0 aliphatic carbocycles. The highest BCUT2D eigenvalue weighted by atomic mass is 16.5. The summed E-state index contributed by atoms with van der Waals surface area (Å²) in [6.45, 7) is 1.89. The van der Waals surface area contributed by atoms with Gasteiger partial charge in [-0.2, -0.15) is 5.26 Å². The standard InChI is InChI=1S/C23H24N3O3/c1-26(2)23(28)21(15-24)14-19-9-6-10-20(13-19)16-29-17-22(27)25-12-11-18-7-4-3-5-8-18/h3-10,12-14H,11,16-17H2,1-2H3,(H,25,27). The number of nitriles is 1. The first-order chi connectivity index (χ1) is 14.0. The number of benzene rings is 2. The van der Waals surface area contributed by atoms with E-state index in [0.717, 1.165) is 16.7 Å². The summed E-state index contributed by atoms with van der Waals surface area (Å²) in [4.78, 5) is 25.2. The Balaban J connectivity index is 1.81. The Labute approximate surface area is 171 Å². The van der Waals surface area contributed by atoms with E-state index in [2.05, 4.69) is 5.32 Å². The van der Waals surface area contributed by atoms with Crippen LogP contribution in [-0.2, 0) is 27.4 Å². The van der Waals surface area contributed by atoms with Gasteiger partial charge in [-0.15, -0.1) is 0 Å². The molecule has 0 saturated heterocycles. The van der Waals surface area contributed by atoms with Gasteiger partial charge in [-0.1, -0.05) is 48.5 Å². The van der Waals surface area contributed by atoms with Crippen molar-refractivity contribution < 1.29 is 14.3 Å². The van der Waals surface area contributed by atoms with Gasteiger partial charge in [-0.25, -0.2) is 0 Å². The van der Waals surface area contributed by atoms with Crippen LogP contribution in [0.4, 0.5) is 0 Å². The fourth-order valence-electron chi connectivity index (χ4n) is 2.52. The van der Waals surface area contributed by atoms with Gasteiger partial charge in [0.05, 0.1) is 13.2 Å². The minimum Gasteiger partial charge on any atom is -0.367 e.